The summed E-state index contributed by atoms with van der Waals surface area (Å²) in [6, 6.07) is 4.92. The molecule has 0 radical (unpaired) electrons. The third-order valence-electron chi connectivity index (χ3n) is 6.39. The van der Waals surface area contributed by atoms with Crippen LogP contribution in [0.3, 0.4) is 0 Å². The molecule has 1 aromatic heterocycles. The van der Waals surface area contributed by atoms with E-state index in [1.54, 1.807) is 17.2 Å². The summed E-state index contributed by atoms with van der Waals surface area (Å²) in [5, 5.41) is 0. The molecular formula is C22H23F2N5O2. The molecule has 2 aromatic rings. The Labute approximate surface area is 178 Å². The first kappa shape index (κ1) is 19.9. The van der Waals surface area contributed by atoms with E-state index < -0.39 is 17.2 Å². The Bertz CT molecular complexity index is 1020. The van der Waals surface area contributed by atoms with E-state index in [4.69, 9.17) is 10.5 Å². The van der Waals surface area contributed by atoms with Crippen molar-refractivity contribution in [2.45, 2.75) is 43.6 Å². The van der Waals surface area contributed by atoms with Crippen molar-refractivity contribution in [3.63, 3.8) is 0 Å². The van der Waals surface area contributed by atoms with Crippen molar-refractivity contribution in [3.05, 3.63) is 59.7 Å². The minimum atomic E-state index is -0.890. The summed E-state index contributed by atoms with van der Waals surface area (Å²) in [5.41, 5.74) is 5.01. The molecule has 162 valence electrons. The molecule has 5 rings (SSSR count). The molecule has 3 aliphatic rings. The highest BCUT2D eigenvalue weighted by molar-refractivity contribution is 5.88. The number of nitrogens with two attached hydrogens (primary N) is 1. The summed E-state index contributed by atoms with van der Waals surface area (Å²) in [4.78, 5) is 25.9. The minimum absolute atomic E-state index is 0.0845. The van der Waals surface area contributed by atoms with Gasteiger partial charge in [0.15, 0.2) is 11.4 Å². The number of fused-ring (bicyclic) bond motifs is 1. The topological polar surface area (TPSA) is 84.6 Å². The molecule has 0 aliphatic carbocycles. The number of piperidine rings is 1. The zero-order chi connectivity index (χ0) is 21.6. The first-order chi connectivity index (χ1) is 15.0. The number of amides is 1. The van der Waals surface area contributed by atoms with Crippen molar-refractivity contribution in [2.24, 2.45) is 5.73 Å². The summed E-state index contributed by atoms with van der Waals surface area (Å²) in [5.74, 6) is -0.0551. The van der Waals surface area contributed by atoms with Gasteiger partial charge in [-0.15, -0.1) is 0 Å². The van der Waals surface area contributed by atoms with Crippen LogP contribution in [0.25, 0.3) is 6.08 Å². The molecule has 4 heterocycles. The zero-order valence-electron chi connectivity index (χ0n) is 16.9. The molecular weight excluding hydrogens is 404 g/mol. The van der Waals surface area contributed by atoms with Gasteiger partial charge in [-0.1, -0.05) is 0 Å². The van der Waals surface area contributed by atoms with Gasteiger partial charge in [-0.3, -0.25) is 4.79 Å². The fraction of sp³-hybridized carbons (Fsp3) is 0.409. The molecule has 7 nitrogen and oxygen atoms in total. The van der Waals surface area contributed by atoms with Crippen molar-refractivity contribution in [2.75, 3.05) is 18.0 Å². The molecule has 9 heteroatoms. The molecule has 1 aromatic carbocycles. The maximum Gasteiger partial charge on any atom is 0.257 e. The Balaban J connectivity index is 1.33. The lowest BCUT2D eigenvalue weighted by molar-refractivity contribution is -0.140. The van der Waals surface area contributed by atoms with Gasteiger partial charge in [0.25, 0.3) is 5.91 Å². The van der Waals surface area contributed by atoms with Crippen LogP contribution in [-0.4, -0.2) is 45.7 Å². The van der Waals surface area contributed by atoms with Gasteiger partial charge in [-0.05, 0) is 48.9 Å². The van der Waals surface area contributed by atoms with Gasteiger partial charge in [0.05, 0.1) is 6.04 Å². The Kier molecular flexibility index (Phi) is 4.85. The Morgan fingerprint density at radius 2 is 1.90 bits per heavy atom. The summed E-state index contributed by atoms with van der Waals surface area (Å²) in [7, 11) is 0. The molecule has 3 aliphatic heterocycles. The molecule has 1 amide bonds. The number of hydrogen-bond acceptors (Lipinski definition) is 6. The van der Waals surface area contributed by atoms with E-state index in [1.807, 2.05) is 6.07 Å². The van der Waals surface area contributed by atoms with E-state index in [2.05, 4.69) is 14.9 Å². The van der Waals surface area contributed by atoms with Crippen LogP contribution in [0.5, 0.6) is 0 Å². The van der Waals surface area contributed by atoms with Crippen LogP contribution >= 0.6 is 0 Å². The van der Waals surface area contributed by atoms with Crippen molar-refractivity contribution >= 4 is 17.8 Å². The van der Waals surface area contributed by atoms with Gasteiger partial charge in [0, 0.05) is 38.2 Å². The summed E-state index contributed by atoms with van der Waals surface area (Å²) in [6.45, 7) is 1.21. The van der Waals surface area contributed by atoms with Crippen molar-refractivity contribution < 1.29 is 18.3 Å². The molecule has 3 fully saturated rings. The van der Waals surface area contributed by atoms with Gasteiger partial charge in [0.1, 0.15) is 23.7 Å². The Morgan fingerprint density at radius 1 is 1.16 bits per heavy atom. The number of aromatic nitrogens is 2. The predicted molar refractivity (Wildman–Crippen MR) is 109 cm³/mol. The molecule has 0 bridgehead atoms. The smallest absolute Gasteiger partial charge is 0.257 e. The maximum atomic E-state index is 13.7. The standard InChI is InChI=1S/C22H23F2N5O2/c23-15-11-14(12-16(24)13-15)17-1-2-20-29(17)21(30)22(31-20)5-9-28(10-6-22)19-4-8-26-18(27-19)3-7-25/h3-4,7-8,11-13,17,20H,1-2,5-6,9-10,25H2/b7-3-/t17-,20+/m0/s1. The van der Waals surface area contributed by atoms with Crippen molar-refractivity contribution in [1.29, 1.82) is 0 Å². The van der Waals surface area contributed by atoms with Crippen LogP contribution in [0, 0.1) is 11.6 Å². The highest BCUT2D eigenvalue weighted by Gasteiger charge is 2.58. The fourth-order valence-electron chi connectivity index (χ4n) is 4.94. The lowest BCUT2D eigenvalue weighted by Crippen LogP contribution is -2.50. The fourth-order valence-corrected chi connectivity index (χ4v) is 4.94. The van der Waals surface area contributed by atoms with E-state index in [9.17, 15) is 13.6 Å². The second kappa shape index (κ2) is 7.56. The lowest BCUT2D eigenvalue weighted by atomic mass is 9.89. The largest absolute Gasteiger partial charge is 0.404 e. The number of nitrogens with zero attached hydrogens (tertiary/aromatic N) is 4. The molecule has 1 spiro atoms. The van der Waals surface area contributed by atoms with Crippen LogP contribution in [0.2, 0.25) is 0 Å². The van der Waals surface area contributed by atoms with Crippen LogP contribution in [0.1, 0.15) is 43.1 Å². The van der Waals surface area contributed by atoms with Crippen LogP contribution in [-0.2, 0) is 9.53 Å². The summed E-state index contributed by atoms with van der Waals surface area (Å²) < 4.78 is 33.8. The summed E-state index contributed by atoms with van der Waals surface area (Å²) >= 11 is 0. The van der Waals surface area contributed by atoms with Gasteiger partial charge in [0.2, 0.25) is 0 Å². The molecule has 2 atom stereocenters. The minimum Gasteiger partial charge on any atom is -0.404 e. The number of benzene rings is 1. The highest BCUT2D eigenvalue weighted by atomic mass is 19.1. The zero-order valence-corrected chi connectivity index (χ0v) is 16.9. The van der Waals surface area contributed by atoms with E-state index in [-0.39, 0.29) is 18.2 Å². The van der Waals surface area contributed by atoms with Crippen LogP contribution < -0.4 is 10.6 Å². The number of halogens is 2. The molecule has 2 N–H and O–H groups in total. The first-order valence-electron chi connectivity index (χ1n) is 10.4. The molecule has 3 saturated heterocycles. The van der Waals surface area contributed by atoms with E-state index >= 15 is 0 Å². The first-order valence-corrected chi connectivity index (χ1v) is 10.4. The average Bonchev–Trinajstić information content (AvgIpc) is 3.27. The Hall–Kier alpha value is -3.07. The summed E-state index contributed by atoms with van der Waals surface area (Å²) in [6.07, 6.45) is 6.67. The van der Waals surface area contributed by atoms with E-state index in [0.717, 1.165) is 11.9 Å². The number of rotatable bonds is 3. The number of carbonyl (C=O) groups is 1. The number of anilines is 1. The second-order valence-corrected chi connectivity index (χ2v) is 8.19. The van der Waals surface area contributed by atoms with Crippen molar-refractivity contribution in [1.82, 2.24) is 14.9 Å². The van der Waals surface area contributed by atoms with Crippen LogP contribution in [0.15, 0.2) is 36.7 Å². The highest BCUT2D eigenvalue weighted by Crippen LogP contribution is 2.48. The quantitative estimate of drug-likeness (QED) is 0.811. The Morgan fingerprint density at radius 3 is 2.61 bits per heavy atom. The van der Waals surface area contributed by atoms with Gasteiger partial charge < -0.3 is 20.3 Å². The monoisotopic (exact) mass is 427 g/mol. The normalized spacial score (nSPS) is 25.0. The second-order valence-electron chi connectivity index (χ2n) is 8.19. The van der Waals surface area contributed by atoms with Crippen molar-refractivity contribution in [3.8, 4) is 0 Å². The van der Waals surface area contributed by atoms with Gasteiger partial charge in [-0.25, -0.2) is 18.7 Å². The number of hydrogen-bond donors (Lipinski definition) is 1. The SMILES string of the molecule is N/C=C\c1nccc(N2CCC3(CC2)O[C@@H]2CC[C@@H](c4cc(F)cc(F)c4)N2C3=O)n1. The average molecular weight is 427 g/mol. The third kappa shape index (κ3) is 3.42. The molecule has 31 heavy (non-hydrogen) atoms. The predicted octanol–water partition coefficient (Wildman–Crippen LogP) is 2.74. The number of ether oxygens (including phenoxy) is 1. The number of carbonyl (C=O) groups excluding carboxylic acids is 1. The van der Waals surface area contributed by atoms with Gasteiger partial charge >= 0.3 is 0 Å². The maximum absolute atomic E-state index is 13.7. The van der Waals surface area contributed by atoms with E-state index in [1.165, 1.54) is 18.3 Å². The van der Waals surface area contributed by atoms with Crippen LogP contribution in [0.4, 0.5) is 14.6 Å². The van der Waals surface area contributed by atoms with E-state index in [0.29, 0.717) is 50.2 Å². The lowest BCUT2D eigenvalue weighted by Gasteiger charge is -2.38. The van der Waals surface area contributed by atoms with Gasteiger partial charge in [-0.2, -0.15) is 0 Å². The third-order valence-corrected chi connectivity index (χ3v) is 6.39. The molecule has 0 unspecified atom stereocenters. The molecule has 0 saturated carbocycles.